The molecular formula is C14H5Br5N2O2. The summed E-state index contributed by atoms with van der Waals surface area (Å²) in [5.41, 5.74) is -0.00622. The highest BCUT2D eigenvalue weighted by molar-refractivity contribution is 9.15. The predicted molar refractivity (Wildman–Crippen MR) is 109 cm³/mol. The topological polar surface area (TPSA) is 54.9 Å². The Morgan fingerprint density at radius 3 is 1.91 bits per heavy atom. The van der Waals surface area contributed by atoms with Crippen LogP contribution in [0.3, 0.4) is 0 Å². The second-order valence-electron chi connectivity index (χ2n) is 4.53. The first-order chi connectivity index (χ1) is 10.8. The summed E-state index contributed by atoms with van der Waals surface area (Å²) in [5, 5.41) is 0.432. The molecule has 3 rings (SSSR count). The zero-order valence-electron chi connectivity index (χ0n) is 11.0. The zero-order chi connectivity index (χ0) is 16.9. The second-order valence-corrected chi connectivity index (χ2v) is 8.50. The second kappa shape index (κ2) is 6.59. The molecule has 3 aromatic rings. The van der Waals surface area contributed by atoms with Gasteiger partial charge in [-0.3, -0.25) is 4.79 Å². The van der Waals surface area contributed by atoms with Crippen LogP contribution in [0.1, 0.15) is 0 Å². The summed E-state index contributed by atoms with van der Waals surface area (Å²) in [4.78, 5) is 28.0. The Morgan fingerprint density at radius 2 is 1.30 bits per heavy atom. The molecule has 0 spiro atoms. The molecule has 1 N–H and O–H groups in total. The molecule has 0 atom stereocenters. The third-order valence-corrected chi connectivity index (χ3v) is 9.27. The normalized spacial score (nSPS) is 11.2. The first kappa shape index (κ1) is 17.6. The van der Waals surface area contributed by atoms with Gasteiger partial charge in [0, 0.05) is 13.4 Å². The maximum absolute atomic E-state index is 12.8. The van der Waals surface area contributed by atoms with Gasteiger partial charge < -0.3 is 4.98 Å². The molecule has 23 heavy (non-hydrogen) atoms. The molecule has 0 aliphatic carbocycles. The van der Waals surface area contributed by atoms with E-state index in [0.717, 1.165) is 9.04 Å². The Bertz CT molecular complexity index is 1040. The molecule has 0 saturated heterocycles. The molecule has 0 unspecified atom stereocenters. The Kier molecular flexibility index (Phi) is 5.04. The van der Waals surface area contributed by atoms with Gasteiger partial charge in [-0.05, 0) is 91.8 Å². The van der Waals surface area contributed by atoms with Gasteiger partial charge in [0.05, 0.1) is 25.5 Å². The van der Waals surface area contributed by atoms with Gasteiger partial charge >= 0.3 is 5.69 Å². The van der Waals surface area contributed by atoms with Crippen molar-refractivity contribution in [3.63, 3.8) is 0 Å². The van der Waals surface area contributed by atoms with Crippen LogP contribution in [0.25, 0.3) is 16.6 Å². The lowest BCUT2D eigenvalue weighted by Gasteiger charge is -2.15. The Hall–Kier alpha value is -0.220. The number of hydrogen-bond acceptors (Lipinski definition) is 2. The largest absolute Gasteiger partial charge is 0.333 e. The van der Waals surface area contributed by atoms with Crippen LogP contribution in [0.5, 0.6) is 0 Å². The molecule has 9 heteroatoms. The summed E-state index contributed by atoms with van der Waals surface area (Å²) in [6, 6.07) is 6.89. The Morgan fingerprint density at radius 1 is 0.783 bits per heavy atom. The summed E-state index contributed by atoms with van der Waals surface area (Å²) in [7, 11) is 0. The number of halogens is 5. The van der Waals surface area contributed by atoms with Crippen LogP contribution in [-0.4, -0.2) is 9.55 Å². The van der Waals surface area contributed by atoms with Crippen molar-refractivity contribution in [3.8, 4) is 5.69 Å². The molecule has 2 aromatic carbocycles. The van der Waals surface area contributed by atoms with Crippen molar-refractivity contribution in [2.24, 2.45) is 0 Å². The fraction of sp³-hybridized carbons (Fsp3) is 0. The molecule has 1 heterocycles. The number of benzene rings is 2. The molecule has 1 aromatic heterocycles. The molecule has 0 amide bonds. The van der Waals surface area contributed by atoms with Crippen molar-refractivity contribution >= 4 is 90.6 Å². The predicted octanol–water partition coefficient (Wildman–Crippen LogP) is 5.49. The molecule has 0 bridgehead atoms. The van der Waals surface area contributed by atoms with Crippen LogP contribution in [0.2, 0.25) is 0 Å². The number of rotatable bonds is 1. The lowest BCUT2D eigenvalue weighted by Crippen LogP contribution is -2.34. The fourth-order valence-corrected chi connectivity index (χ4v) is 5.54. The number of fused-ring (bicyclic) bond motifs is 1. The van der Waals surface area contributed by atoms with E-state index in [0.29, 0.717) is 34.5 Å². The lowest BCUT2D eigenvalue weighted by atomic mass is 10.2. The average molecular weight is 633 g/mol. The van der Waals surface area contributed by atoms with Crippen LogP contribution >= 0.6 is 79.6 Å². The summed E-state index contributed by atoms with van der Waals surface area (Å²) in [6.45, 7) is 0. The molecular weight excluding hydrogens is 628 g/mol. The lowest BCUT2D eigenvalue weighted by molar-refractivity contribution is 0.890. The van der Waals surface area contributed by atoms with Gasteiger partial charge in [-0.1, -0.05) is 12.1 Å². The third kappa shape index (κ3) is 2.84. The monoisotopic (exact) mass is 628 g/mol. The molecule has 0 fully saturated rings. The van der Waals surface area contributed by atoms with Crippen LogP contribution < -0.4 is 11.2 Å². The first-order valence-electron chi connectivity index (χ1n) is 6.10. The zero-order valence-corrected chi connectivity index (χ0v) is 18.9. The minimum absolute atomic E-state index is 0.396. The van der Waals surface area contributed by atoms with Crippen LogP contribution in [-0.2, 0) is 0 Å². The summed E-state index contributed by atoms with van der Waals surface area (Å²) in [6.07, 6.45) is 0. The molecule has 4 nitrogen and oxygen atoms in total. The van der Waals surface area contributed by atoms with Gasteiger partial charge in [-0.25, -0.2) is 9.36 Å². The Balaban J connectivity index is 2.53. The number of aromatic amines is 1. The van der Waals surface area contributed by atoms with Gasteiger partial charge in [-0.2, -0.15) is 0 Å². The van der Waals surface area contributed by atoms with E-state index in [9.17, 15) is 9.59 Å². The SMILES string of the molecule is O=c1[nH]c2ccccc2c(=O)n1-c1c(Br)c(Br)c(Br)c(Br)c1Br. The highest BCUT2D eigenvalue weighted by atomic mass is 79.9. The number of H-pyrrole nitrogens is 1. The van der Waals surface area contributed by atoms with E-state index in [-0.39, 0.29) is 0 Å². The van der Waals surface area contributed by atoms with E-state index >= 15 is 0 Å². The van der Waals surface area contributed by atoms with Gasteiger partial charge in [-0.15, -0.1) is 0 Å². The third-order valence-electron chi connectivity index (χ3n) is 3.22. The van der Waals surface area contributed by atoms with E-state index in [1.165, 1.54) is 0 Å². The maximum Gasteiger partial charge on any atom is 0.333 e. The number of nitrogens with one attached hydrogen (secondary N) is 1. The minimum atomic E-state index is -0.517. The van der Waals surface area contributed by atoms with E-state index < -0.39 is 11.2 Å². The molecule has 118 valence electrons. The van der Waals surface area contributed by atoms with Crippen molar-refractivity contribution < 1.29 is 0 Å². The Labute approximate surface area is 171 Å². The van der Waals surface area contributed by atoms with E-state index in [1.54, 1.807) is 24.3 Å². The van der Waals surface area contributed by atoms with Crippen molar-refractivity contribution in [3.05, 3.63) is 67.5 Å². The van der Waals surface area contributed by atoms with Crippen molar-refractivity contribution in [1.82, 2.24) is 9.55 Å². The molecule has 0 aliphatic rings. The minimum Gasteiger partial charge on any atom is -0.306 e. The fourth-order valence-electron chi connectivity index (χ4n) is 2.16. The molecule has 0 saturated carbocycles. The van der Waals surface area contributed by atoms with Crippen LogP contribution in [0.15, 0.2) is 56.2 Å². The quantitative estimate of drug-likeness (QED) is 0.285. The van der Waals surface area contributed by atoms with Gasteiger partial charge in [0.2, 0.25) is 0 Å². The van der Waals surface area contributed by atoms with E-state index in [4.69, 9.17) is 0 Å². The number of para-hydroxylation sites is 1. The van der Waals surface area contributed by atoms with Gasteiger partial charge in [0.1, 0.15) is 0 Å². The number of aromatic nitrogens is 2. The van der Waals surface area contributed by atoms with Gasteiger partial charge in [0.15, 0.2) is 0 Å². The van der Waals surface area contributed by atoms with Crippen molar-refractivity contribution in [2.75, 3.05) is 0 Å². The van der Waals surface area contributed by atoms with Crippen LogP contribution in [0.4, 0.5) is 0 Å². The summed E-state index contributed by atoms with van der Waals surface area (Å²) in [5.74, 6) is 0. The van der Waals surface area contributed by atoms with Crippen molar-refractivity contribution in [1.29, 1.82) is 0 Å². The van der Waals surface area contributed by atoms with E-state index in [1.807, 2.05) is 0 Å². The summed E-state index contributed by atoms with van der Waals surface area (Å²) >= 11 is 17.2. The number of hydrogen-bond donors (Lipinski definition) is 1. The highest BCUT2D eigenvalue weighted by Gasteiger charge is 2.22. The van der Waals surface area contributed by atoms with E-state index in [2.05, 4.69) is 84.6 Å². The summed E-state index contributed by atoms with van der Waals surface area (Å²) < 4.78 is 4.36. The molecule has 0 radical (unpaired) electrons. The van der Waals surface area contributed by atoms with Crippen LogP contribution in [0, 0.1) is 0 Å². The highest BCUT2D eigenvalue weighted by Crippen LogP contribution is 2.45. The smallest absolute Gasteiger partial charge is 0.306 e. The maximum atomic E-state index is 12.8. The number of nitrogens with zero attached hydrogens (tertiary/aromatic N) is 1. The van der Waals surface area contributed by atoms with Gasteiger partial charge in [0.25, 0.3) is 5.56 Å². The average Bonchev–Trinajstić information content (AvgIpc) is 2.54. The standard InChI is InChI=1S/C14H5Br5N2O2/c15-7-8(16)10(18)12(11(19)9(7)17)21-13(22)5-3-1-2-4-6(5)20-14(21)23/h1-4H,(H,20,23). The molecule has 0 aliphatic heterocycles. The van der Waals surface area contributed by atoms with Crippen molar-refractivity contribution in [2.45, 2.75) is 0 Å². The first-order valence-corrected chi connectivity index (χ1v) is 10.1.